The van der Waals surface area contributed by atoms with Gasteiger partial charge >= 0.3 is 12.1 Å². The van der Waals surface area contributed by atoms with Crippen molar-refractivity contribution in [3.63, 3.8) is 0 Å². The zero-order chi connectivity index (χ0) is 15.3. The monoisotopic (exact) mass is 291 g/mol. The maximum Gasteiger partial charge on any atom is 0.433 e. The van der Waals surface area contributed by atoms with Crippen molar-refractivity contribution in [3.05, 3.63) is 18.0 Å². The summed E-state index contributed by atoms with van der Waals surface area (Å²) in [4.78, 5) is 19.4. The fraction of sp³-hybridized carbons (Fsp3) is 0.583. The number of rotatable bonds is 6. The number of hydrogen-bond donors (Lipinski definition) is 1. The largest absolute Gasteiger partial charge is 0.481 e. The molecule has 0 aromatic carbocycles. The highest BCUT2D eigenvalue weighted by Gasteiger charge is 2.33. The lowest BCUT2D eigenvalue weighted by atomic mass is 10.2. The number of hydrogen-bond acceptors (Lipinski definition) is 4. The number of alkyl halides is 3. The molecule has 112 valence electrons. The Morgan fingerprint density at radius 1 is 1.45 bits per heavy atom. The standard InChI is InChI=1S/C12H16F3N3O2/c1-8(2)18(7-3-4-10(19)20)11-16-6-5-9(17-11)12(13,14)15/h5-6,8H,3-4,7H2,1-2H3,(H,19,20). The molecule has 0 fully saturated rings. The van der Waals surface area contributed by atoms with E-state index in [0.29, 0.717) is 6.42 Å². The highest BCUT2D eigenvalue weighted by atomic mass is 19.4. The lowest BCUT2D eigenvalue weighted by Gasteiger charge is -2.26. The van der Waals surface area contributed by atoms with E-state index in [9.17, 15) is 18.0 Å². The molecule has 0 unspecified atom stereocenters. The number of aromatic nitrogens is 2. The summed E-state index contributed by atoms with van der Waals surface area (Å²) in [7, 11) is 0. The Hall–Kier alpha value is -1.86. The Balaban J connectivity index is 2.89. The number of nitrogens with zero attached hydrogens (tertiary/aromatic N) is 3. The van der Waals surface area contributed by atoms with E-state index in [1.54, 1.807) is 18.7 Å². The molecule has 0 saturated heterocycles. The summed E-state index contributed by atoms with van der Waals surface area (Å²) >= 11 is 0. The van der Waals surface area contributed by atoms with Gasteiger partial charge in [-0.3, -0.25) is 4.79 Å². The smallest absolute Gasteiger partial charge is 0.433 e. The number of carboxylic acid groups (broad SMARTS) is 1. The van der Waals surface area contributed by atoms with Gasteiger partial charge in [-0.05, 0) is 26.3 Å². The summed E-state index contributed by atoms with van der Waals surface area (Å²) in [6, 6.07) is 0.673. The highest BCUT2D eigenvalue weighted by molar-refractivity contribution is 5.66. The lowest BCUT2D eigenvalue weighted by Crippen LogP contribution is -2.34. The predicted octanol–water partition coefficient (Wildman–Crippen LogP) is 2.58. The number of aliphatic carboxylic acids is 1. The molecule has 5 nitrogen and oxygen atoms in total. The Bertz CT molecular complexity index is 464. The Morgan fingerprint density at radius 3 is 2.60 bits per heavy atom. The van der Waals surface area contributed by atoms with Gasteiger partial charge in [-0.15, -0.1) is 0 Å². The van der Waals surface area contributed by atoms with E-state index in [0.717, 1.165) is 12.3 Å². The van der Waals surface area contributed by atoms with Crippen LogP contribution >= 0.6 is 0 Å². The first-order valence-corrected chi connectivity index (χ1v) is 6.10. The van der Waals surface area contributed by atoms with Gasteiger partial charge in [-0.25, -0.2) is 9.97 Å². The minimum Gasteiger partial charge on any atom is -0.481 e. The third-order valence-corrected chi connectivity index (χ3v) is 2.60. The summed E-state index contributed by atoms with van der Waals surface area (Å²) in [5.41, 5.74) is -1.01. The van der Waals surface area contributed by atoms with Crippen molar-refractivity contribution >= 4 is 11.9 Å². The van der Waals surface area contributed by atoms with Crippen molar-refractivity contribution in [1.82, 2.24) is 9.97 Å². The van der Waals surface area contributed by atoms with Crippen LogP contribution in [0.5, 0.6) is 0 Å². The van der Waals surface area contributed by atoms with Crippen LogP contribution in [0.15, 0.2) is 12.3 Å². The zero-order valence-corrected chi connectivity index (χ0v) is 11.2. The lowest BCUT2D eigenvalue weighted by molar-refractivity contribution is -0.141. The molecule has 0 spiro atoms. The van der Waals surface area contributed by atoms with E-state index >= 15 is 0 Å². The second kappa shape index (κ2) is 6.53. The van der Waals surface area contributed by atoms with Crippen LogP contribution < -0.4 is 4.90 Å². The summed E-state index contributed by atoms with van der Waals surface area (Å²) in [5, 5.41) is 8.59. The van der Waals surface area contributed by atoms with Crippen molar-refractivity contribution < 1.29 is 23.1 Å². The van der Waals surface area contributed by atoms with Crippen LogP contribution in [-0.4, -0.2) is 33.6 Å². The first-order valence-electron chi connectivity index (χ1n) is 6.10. The van der Waals surface area contributed by atoms with E-state index in [4.69, 9.17) is 5.11 Å². The van der Waals surface area contributed by atoms with Crippen LogP contribution in [0.4, 0.5) is 19.1 Å². The second-order valence-electron chi connectivity index (χ2n) is 4.52. The minimum atomic E-state index is -4.53. The topological polar surface area (TPSA) is 66.3 Å². The molecule has 1 N–H and O–H groups in total. The maximum absolute atomic E-state index is 12.6. The van der Waals surface area contributed by atoms with Gasteiger partial charge in [0, 0.05) is 25.2 Å². The fourth-order valence-electron chi connectivity index (χ4n) is 1.63. The summed E-state index contributed by atoms with van der Waals surface area (Å²) in [6.45, 7) is 3.85. The molecule has 8 heteroatoms. The number of carboxylic acids is 1. The molecular formula is C12H16F3N3O2. The van der Waals surface area contributed by atoms with Crippen LogP contribution in [0.3, 0.4) is 0 Å². The first kappa shape index (κ1) is 16.2. The van der Waals surface area contributed by atoms with Gasteiger partial charge in [-0.2, -0.15) is 13.2 Å². The molecule has 0 saturated carbocycles. The molecule has 0 aliphatic carbocycles. The molecule has 0 atom stereocenters. The van der Waals surface area contributed by atoms with E-state index in [1.165, 1.54) is 0 Å². The first-order chi connectivity index (χ1) is 9.21. The van der Waals surface area contributed by atoms with Crippen LogP contribution in [-0.2, 0) is 11.0 Å². The van der Waals surface area contributed by atoms with Gasteiger partial charge < -0.3 is 10.0 Å². The number of halogens is 3. The molecule has 1 rings (SSSR count). The molecule has 0 radical (unpaired) electrons. The molecule has 0 aliphatic rings. The van der Waals surface area contributed by atoms with Gasteiger partial charge in [0.05, 0.1) is 0 Å². The Labute approximate surface area is 114 Å². The molecule has 0 aliphatic heterocycles. The van der Waals surface area contributed by atoms with Gasteiger partial charge in [0.1, 0.15) is 5.69 Å². The number of anilines is 1. The van der Waals surface area contributed by atoms with Gasteiger partial charge in [0.15, 0.2) is 0 Å². The van der Waals surface area contributed by atoms with Crippen LogP contribution in [0.1, 0.15) is 32.4 Å². The Morgan fingerprint density at radius 2 is 2.10 bits per heavy atom. The van der Waals surface area contributed by atoms with Crippen LogP contribution in [0, 0.1) is 0 Å². The SMILES string of the molecule is CC(C)N(CCCC(=O)O)c1nccc(C(F)(F)F)n1. The zero-order valence-electron chi connectivity index (χ0n) is 11.2. The van der Waals surface area contributed by atoms with Crippen molar-refractivity contribution in [2.75, 3.05) is 11.4 Å². The second-order valence-corrected chi connectivity index (χ2v) is 4.52. The average molecular weight is 291 g/mol. The molecule has 1 heterocycles. The molecule has 0 amide bonds. The van der Waals surface area contributed by atoms with E-state index in [1.807, 2.05) is 0 Å². The van der Waals surface area contributed by atoms with E-state index < -0.39 is 17.8 Å². The van der Waals surface area contributed by atoms with E-state index in [-0.39, 0.29) is 25.0 Å². The normalized spacial score (nSPS) is 11.7. The van der Waals surface area contributed by atoms with Gasteiger partial charge in [0.25, 0.3) is 0 Å². The maximum atomic E-state index is 12.6. The number of carbonyl (C=O) groups is 1. The van der Waals surface area contributed by atoms with Crippen molar-refractivity contribution in [3.8, 4) is 0 Å². The minimum absolute atomic E-state index is 0.0415. The third-order valence-electron chi connectivity index (χ3n) is 2.60. The van der Waals surface area contributed by atoms with Crippen molar-refractivity contribution in [2.24, 2.45) is 0 Å². The van der Waals surface area contributed by atoms with Crippen molar-refractivity contribution in [1.29, 1.82) is 0 Å². The van der Waals surface area contributed by atoms with Crippen LogP contribution in [0.2, 0.25) is 0 Å². The van der Waals surface area contributed by atoms with Gasteiger partial charge in [0.2, 0.25) is 5.95 Å². The van der Waals surface area contributed by atoms with E-state index in [2.05, 4.69) is 9.97 Å². The quantitative estimate of drug-likeness (QED) is 0.872. The average Bonchev–Trinajstić information content (AvgIpc) is 2.33. The fourth-order valence-corrected chi connectivity index (χ4v) is 1.63. The van der Waals surface area contributed by atoms with Crippen molar-refractivity contribution in [2.45, 2.75) is 38.9 Å². The highest BCUT2D eigenvalue weighted by Crippen LogP contribution is 2.28. The molecular weight excluding hydrogens is 275 g/mol. The molecule has 0 bridgehead atoms. The molecule has 1 aromatic heterocycles. The van der Waals surface area contributed by atoms with Gasteiger partial charge in [-0.1, -0.05) is 0 Å². The van der Waals surface area contributed by atoms with Crippen LogP contribution in [0.25, 0.3) is 0 Å². The summed E-state index contributed by atoms with van der Waals surface area (Å²) < 4.78 is 37.8. The molecule has 1 aromatic rings. The third kappa shape index (κ3) is 4.67. The Kier molecular flexibility index (Phi) is 5.29. The predicted molar refractivity (Wildman–Crippen MR) is 66.4 cm³/mol. The molecule has 20 heavy (non-hydrogen) atoms. The summed E-state index contributed by atoms with van der Waals surface area (Å²) in [6.07, 6.45) is -3.21. The summed E-state index contributed by atoms with van der Waals surface area (Å²) in [5.74, 6) is -0.987.